The Hall–Kier alpha value is -2.78. The SMILES string of the molecule is CCOc1ccc(CNC(=O)[C@@H]2CCCN(S(=O)(=O)N(CC)c3ccc(OC)cc3)C2)cc1. The Morgan fingerprint density at radius 2 is 1.76 bits per heavy atom. The van der Waals surface area contributed by atoms with E-state index in [0.717, 1.165) is 11.3 Å². The second-order valence-electron chi connectivity index (χ2n) is 7.86. The molecule has 1 aliphatic rings. The largest absolute Gasteiger partial charge is 0.497 e. The van der Waals surface area contributed by atoms with Crippen molar-refractivity contribution in [1.29, 1.82) is 0 Å². The van der Waals surface area contributed by atoms with Crippen LogP contribution in [-0.4, -0.2) is 52.0 Å². The number of piperidine rings is 1. The summed E-state index contributed by atoms with van der Waals surface area (Å²) in [5.41, 5.74) is 1.53. The van der Waals surface area contributed by atoms with Crippen molar-refractivity contribution in [2.45, 2.75) is 33.2 Å². The highest BCUT2D eigenvalue weighted by Gasteiger charge is 2.35. The molecule has 33 heavy (non-hydrogen) atoms. The van der Waals surface area contributed by atoms with Gasteiger partial charge in [0.05, 0.1) is 25.3 Å². The monoisotopic (exact) mass is 475 g/mol. The molecule has 0 radical (unpaired) electrons. The van der Waals surface area contributed by atoms with Crippen molar-refractivity contribution < 1.29 is 22.7 Å². The molecule has 0 bridgehead atoms. The summed E-state index contributed by atoms with van der Waals surface area (Å²) in [6.45, 7) is 5.58. The number of carbonyl (C=O) groups is 1. The van der Waals surface area contributed by atoms with Gasteiger partial charge in [0.1, 0.15) is 11.5 Å². The second kappa shape index (κ2) is 11.4. The molecule has 1 saturated heterocycles. The van der Waals surface area contributed by atoms with Crippen molar-refractivity contribution in [3.05, 3.63) is 54.1 Å². The molecule has 8 nitrogen and oxygen atoms in total. The minimum Gasteiger partial charge on any atom is -0.497 e. The smallest absolute Gasteiger partial charge is 0.304 e. The minimum atomic E-state index is -3.76. The topological polar surface area (TPSA) is 88.2 Å². The fraction of sp³-hybridized carbons (Fsp3) is 0.458. The molecule has 0 unspecified atom stereocenters. The van der Waals surface area contributed by atoms with E-state index in [4.69, 9.17) is 9.47 Å². The van der Waals surface area contributed by atoms with Gasteiger partial charge in [0.25, 0.3) is 0 Å². The molecule has 1 aliphatic heterocycles. The van der Waals surface area contributed by atoms with Crippen molar-refractivity contribution >= 4 is 21.8 Å². The van der Waals surface area contributed by atoms with Gasteiger partial charge < -0.3 is 14.8 Å². The first-order valence-electron chi connectivity index (χ1n) is 11.3. The summed E-state index contributed by atoms with van der Waals surface area (Å²) in [6.07, 6.45) is 1.30. The van der Waals surface area contributed by atoms with Gasteiger partial charge in [-0.1, -0.05) is 12.1 Å². The van der Waals surface area contributed by atoms with Gasteiger partial charge in [-0.05, 0) is 68.7 Å². The van der Waals surface area contributed by atoms with Crippen LogP contribution in [0.1, 0.15) is 32.3 Å². The number of nitrogens with one attached hydrogen (secondary N) is 1. The fourth-order valence-electron chi connectivity index (χ4n) is 3.94. The van der Waals surface area contributed by atoms with Crippen molar-refractivity contribution in [3.8, 4) is 11.5 Å². The average Bonchev–Trinajstić information content (AvgIpc) is 2.84. The predicted octanol–water partition coefficient (Wildman–Crippen LogP) is 3.19. The number of anilines is 1. The van der Waals surface area contributed by atoms with Gasteiger partial charge >= 0.3 is 10.2 Å². The number of benzene rings is 2. The first kappa shape index (κ1) is 24.9. The van der Waals surface area contributed by atoms with Gasteiger partial charge in [-0.3, -0.25) is 9.10 Å². The second-order valence-corrected chi connectivity index (χ2v) is 9.72. The van der Waals surface area contributed by atoms with Gasteiger partial charge in [-0.25, -0.2) is 0 Å². The zero-order valence-electron chi connectivity index (χ0n) is 19.5. The molecule has 1 amide bonds. The van der Waals surface area contributed by atoms with Crippen molar-refractivity contribution in [3.63, 3.8) is 0 Å². The molecule has 0 spiro atoms. The van der Waals surface area contributed by atoms with Crippen molar-refractivity contribution in [2.24, 2.45) is 5.92 Å². The zero-order chi connectivity index (χ0) is 23.8. The normalized spacial score (nSPS) is 16.8. The minimum absolute atomic E-state index is 0.128. The van der Waals surface area contributed by atoms with Crippen LogP contribution in [0.5, 0.6) is 11.5 Å². The first-order valence-corrected chi connectivity index (χ1v) is 12.7. The van der Waals surface area contributed by atoms with Gasteiger partial charge in [0.15, 0.2) is 0 Å². The number of methoxy groups -OCH3 is 1. The van der Waals surface area contributed by atoms with E-state index in [9.17, 15) is 13.2 Å². The lowest BCUT2D eigenvalue weighted by atomic mass is 9.99. The highest BCUT2D eigenvalue weighted by molar-refractivity contribution is 7.90. The highest BCUT2D eigenvalue weighted by Crippen LogP contribution is 2.27. The summed E-state index contributed by atoms with van der Waals surface area (Å²) < 4.78 is 40.2. The fourth-order valence-corrected chi connectivity index (χ4v) is 5.66. The van der Waals surface area contributed by atoms with Crippen molar-refractivity contribution in [2.75, 3.05) is 37.7 Å². The average molecular weight is 476 g/mol. The Morgan fingerprint density at radius 1 is 1.09 bits per heavy atom. The predicted molar refractivity (Wildman–Crippen MR) is 129 cm³/mol. The summed E-state index contributed by atoms with van der Waals surface area (Å²) in [6, 6.07) is 14.5. The molecule has 3 rings (SSSR count). The number of hydrogen-bond donors (Lipinski definition) is 1. The Kier molecular flexibility index (Phi) is 8.57. The van der Waals surface area contributed by atoms with Crippen LogP contribution in [0, 0.1) is 5.92 Å². The maximum absolute atomic E-state index is 13.4. The third-order valence-electron chi connectivity index (χ3n) is 5.71. The summed E-state index contributed by atoms with van der Waals surface area (Å²) >= 11 is 0. The molecule has 1 heterocycles. The lowest BCUT2D eigenvalue weighted by Gasteiger charge is -2.35. The number of amides is 1. The van der Waals surface area contributed by atoms with Crippen LogP contribution in [0.15, 0.2) is 48.5 Å². The quantitative estimate of drug-likeness (QED) is 0.570. The number of hydrogen-bond acceptors (Lipinski definition) is 5. The van der Waals surface area contributed by atoms with Crippen LogP contribution in [0.2, 0.25) is 0 Å². The molecule has 1 N–H and O–H groups in total. The Morgan fingerprint density at radius 3 is 2.36 bits per heavy atom. The van der Waals surface area contributed by atoms with Gasteiger partial charge in [0.2, 0.25) is 5.91 Å². The number of rotatable bonds is 10. The molecule has 1 atom stereocenters. The van der Waals surface area contributed by atoms with Crippen LogP contribution in [0.3, 0.4) is 0 Å². The van der Waals surface area contributed by atoms with Gasteiger partial charge in [-0.2, -0.15) is 12.7 Å². The van der Waals surface area contributed by atoms with Crippen LogP contribution >= 0.6 is 0 Å². The Labute approximate surface area is 196 Å². The number of ether oxygens (including phenoxy) is 2. The van der Waals surface area contributed by atoms with E-state index in [2.05, 4.69) is 5.32 Å². The molecule has 0 aliphatic carbocycles. The Balaban J connectivity index is 1.63. The van der Waals surface area contributed by atoms with Crippen molar-refractivity contribution in [1.82, 2.24) is 9.62 Å². The molecular formula is C24H33N3O5S. The van der Waals surface area contributed by atoms with Crippen LogP contribution in [0.25, 0.3) is 0 Å². The van der Waals surface area contributed by atoms with E-state index in [1.54, 1.807) is 38.3 Å². The highest BCUT2D eigenvalue weighted by atomic mass is 32.2. The molecule has 1 fully saturated rings. The maximum atomic E-state index is 13.4. The van der Waals surface area contributed by atoms with E-state index in [1.165, 1.54) is 8.61 Å². The standard InChI is InChI=1S/C24H33N3O5S/c1-4-27(21-10-14-22(31-3)15-11-21)33(29,30)26-16-6-7-20(18-26)24(28)25-17-19-8-12-23(13-9-19)32-5-2/h8-15,20H,4-7,16-18H2,1-3H3,(H,25,28)/t20-/m1/s1. The lowest BCUT2D eigenvalue weighted by molar-refractivity contribution is -0.126. The summed E-state index contributed by atoms with van der Waals surface area (Å²) in [4.78, 5) is 12.8. The molecule has 2 aromatic carbocycles. The summed E-state index contributed by atoms with van der Waals surface area (Å²) in [5, 5.41) is 2.95. The molecule has 0 saturated carbocycles. The molecule has 9 heteroatoms. The number of nitrogens with zero attached hydrogens (tertiary/aromatic N) is 2. The van der Waals surface area contributed by atoms with Crippen LogP contribution < -0.4 is 19.1 Å². The Bertz CT molecular complexity index is 1010. The van der Waals surface area contributed by atoms with E-state index < -0.39 is 10.2 Å². The summed E-state index contributed by atoms with van der Waals surface area (Å²) in [7, 11) is -2.19. The zero-order valence-corrected chi connectivity index (χ0v) is 20.3. The maximum Gasteiger partial charge on any atom is 0.304 e. The van der Waals surface area contributed by atoms with Gasteiger partial charge in [-0.15, -0.1) is 0 Å². The third kappa shape index (κ3) is 6.17. The third-order valence-corrected chi connectivity index (χ3v) is 7.72. The van der Waals surface area contributed by atoms with E-state index in [0.29, 0.717) is 50.5 Å². The van der Waals surface area contributed by atoms with Crippen LogP contribution in [-0.2, 0) is 21.5 Å². The van der Waals surface area contributed by atoms with Gasteiger partial charge in [0, 0.05) is 26.2 Å². The number of carbonyl (C=O) groups excluding carboxylic acids is 1. The first-order chi connectivity index (χ1) is 15.9. The van der Waals surface area contributed by atoms with Crippen LogP contribution in [0.4, 0.5) is 5.69 Å². The summed E-state index contributed by atoms with van der Waals surface area (Å²) in [5.74, 6) is 0.939. The molecule has 180 valence electrons. The van der Waals surface area contributed by atoms with E-state index in [-0.39, 0.29) is 18.4 Å². The van der Waals surface area contributed by atoms with E-state index in [1.807, 2.05) is 31.2 Å². The lowest BCUT2D eigenvalue weighted by Crippen LogP contribution is -2.50. The van der Waals surface area contributed by atoms with E-state index >= 15 is 0 Å². The molecule has 2 aromatic rings. The molecular weight excluding hydrogens is 442 g/mol. The molecule has 0 aromatic heterocycles.